The Bertz CT molecular complexity index is 893. The van der Waals surface area contributed by atoms with Crippen molar-refractivity contribution in [1.29, 1.82) is 5.26 Å². The van der Waals surface area contributed by atoms with E-state index in [0.29, 0.717) is 17.9 Å². The lowest BCUT2D eigenvalue weighted by Gasteiger charge is -2.18. The molecular weight excluding hydrogens is 356 g/mol. The van der Waals surface area contributed by atoms with Gasteiger partial charge in [-0.3, -0.25) is 10.2 Å². The van der Waals surface area contributed by atoms with Crippen LogP contribution in [0.3, 0.4) is 0 Å². The molecule has 0 bridgehead atoms. The van der Waals surface area contributed by atoms with Gasteiger partial charge in [-0.25, -0.2) is 5.43 Å². The minimum atomic E-state index is -0.322. The van der Waals surface area contributed by atoms with Crippen LogP contribution in [0.5, 0.6) is 11.5 Å². The van der Waals surface area contributed by atoms with E-state index in [2.05, 4.69) is 22.2 Å². The minimum absolute atomic E-state index is 0.00767. The van der Waals surface area contributed by atoms with Crippen LogP contribution in [0.25, 0.3) is 0 Å². The highest BCUT2D eigenvalue weighted by Gasteiger charge is 2.29. The van der Waals surface area contributed by atoms with Crippen molar-refractivity contribution >= 4 is 5.91 Å². The summed E-state index contributed by atoms with van der Waals surface area (Å²) in [6, 6.07) is 14.8. The maximum atomic E-state index is 12.8. The molecule has 1 aliphatic heterocycles. The molecule has 1 aliphatic rings. The summed E-state index contributed by atoms with van der Waals surface area (Å²) in [7, 11) is 3.15. The Morgan fingerprint density at radius 1 is 1.25 bits per heavy atom. The first-order valence-electron chi connectivity index (χ1n) is 9.08. The van der Waals surface area contributed by atoms with Crippen molar-refractivity contribution < 1.29 is 14.3 Å². The van der Waals surface area contributed by atoms with E-state index in [-0.39, 0.29) is 23.9 Å². The monoisotopic (exact) mass is 380 g/mol. The number of hydrazine groups is 1. The normalized spacial score (nSPS) is 19.5. The average Bonchev–Trinajstić information content (AvgIpc) is 3.22. The minimum Gasteiger partial charge on any atom is -0.497 e. The first kappa shape index (κ1) is 19.7. The maximum Gasteiger partial charge on any atom is 0.255 e. The summed E-state index contributed by atoms with van der Waals surface area (Å²) in [4.78, 5) is 12.8. The van der Waals surface area contributed by atoms with E-state index in [1.165, 1.54) is 7.11 Å². The summed E-state index contributed by atoms with van der Waals surface area (Å²) in [5, 5.41) is 12.3. The number of nitriles is 1. The highest BCUT2D eigenvalue weighted by Crippen LogP contribution is 2.29. The fraction of sp³-hybridized carbons (Fsp3) is 0.333. The molecule has 2 aromatic carbocycles. The van der Waals surface area contributed by atoms with Gasteiger partial charge in [-0.2, -0.15) is 5.26 Å². The lowest BCUT2D eigenvalue weighted by molar-refractivity contribution is 0.0936. The van der Waals surface area contributed by atoms with Crippen molar-refractivity contribution in [3.05, 3.63) is 59.2 Å². The van der Waals surface area contributed by atoms with Gasteiger partial charge in [-0.05, 0) is 42.3 Å². The number of hydrogen-bond acceptors (Lipinski definition) is 6. The van der Waals surface area contributed by atoms with Crippen LogP contribution in [0.2, 0.25) is 0 Å². The molecule has 3 rings (SSSR count). The zero-order valence-corrected chi connectivity index (χ0v) is 16.2. The molecule has 1 amide bonds. The Hall–Kier alpha value is -3.08. The van der Waals surface area contributed by atoms with E-state index in [1.54, 1.807) is 13.2 Å². The van der Waals surface area contributed by atoms with Gasteiger partial charge in [0.1, 0.15) is 17.5 Å². The average molecular weight is 380 g/mol. The van der Waals surface area contributed by atoms with Gasteiger partial charge in [0.05, 0.1) is 31.9 Å². The number of carbonyl (C=O) groups excluding carboxylic acids is 1. The summed E-state index contributed by atoms with van der Waals surface area (Å²) in [6.45, 7) is 2.56. The van der Waals surface area contributed by atoms with Crippen molar-refractivity contribution in [2.75, 3.05) is 20.8 Å². The molecule has 0 aliphatic carbocycles. The SMILES string of the molecule is COc1cccc([C@@H](C)NC(=O)c2ccc(C3CNNC3C#N)cc2OC)c1. The fourth-order valence-electron chi connectivity index (χ4n) is 3.32. The zero-order valence-electron chi connectivity index (χ0n) is 16.2. The Kier molecular flexibility index (Phi) is 6.14. The first-order chi connectivity index (χ1) is 13.6. The van der Waals surface area contributed by atoms with E-state index in [0.717, 1.165) is 16.9 Å². The first-order valence-corrected chi connectivity index (χ1v) is 9.08. The number of methoxy groups -OCH3 is 2. The molecule has 3 N–H and O–H groups in total. The second-order valence-corrected chi connectivity index (χ2v) is 6.67. The summed E-state index contributed by atoms with van der Waals surface area (Å²) in [5.74, 6) is 0.993. The lowest BCUT2D eigenvalue weighted by Crippen LogP contribution is -2.29. The third-order valence-corrected chi connectivity index (χ3v) is 4.96. The highest BCUT2D eigenvalue weighted by molar-refractivity contribution is 5.97. The number of amides is 1. The smallest absolute Gasteiger partial charge is 0.255 e. The van der Waals surface area contributed by atoms with Crippen molar-refractivity contribution in [3.8, 4) is 17.6 Å². The van der Waals surface area contributed by atoms with Crippen molar-refractivity contribution in [2.45, 2.75) is 24.9 Å². The van der Waals surface area contributed by atoms with E-state index in [9.17, 15) is 10.1 Å². The third kappa shape index (κ3) is 4.09. The van der Waals surface area contributed by atoms with Gasteiger partial charge in [0.15, 0.2) is 0 Å². The number of nitrogens with one attached hydrogen (secondary N) is 3. The molecule has 1 heterocycles. The van der Waals surface area contributed by atoms with Gasteiger partial charge in [0.25, 0.3) is 5.91 Å². The highest BCUT2D eigenvalue weighted by atomic mass is 16.5. The second kappa shape index (κ2) is 8.74. The molecule has 1 fully saturated rings. The maximum absolute atomic E-state index is 12.8. The van der Waals surface area contributed by atoms with Crippen LogP contribution in [0.4, 0.5) is 0 Å². The summed E-state index contributed by atoms with van der Waals surface area (Å²) in [6.07, 6.45) is 0. The third-order valence-electron chi connectivity index (χ3n) is 4.96. The topological polar surface area (TPSA) is 95.4 Å². The van der Waals surface area contributed by atoms with Crippen LogP contribution in [-0.2, 0) is 0 Å². The molecule has 2 aromatic rings. The molecule has 1 saturated heterocycles. The molecule has 0 aromatic heterocycles. The zero-order chi connectivity index (χ0) is 20.1. The summed E-state index contributed by atoms with van der Waals surface area (Å²) >= 11 is 0. The van der Waals surface area contributed by atoms with Crippen LogP contribution in [0.1, 0.15) is 40.4 Å². The van der Waals surface area contributed by atoms with Gasteiger partial charge < -0.3 is 14.8 Å². The number of benzene rings is 2. The molecule has 2 unspecified atom stereocenters. The molecule has 28 heavy (non-hydrogen) atoms. The van der Waals surface area contributed by atoms with Gasteiger partial charge in [-0.1, -0.05) is 18.2 Å². The van der Waals surface area contributed by atoms with Gasteiger partial charge >= 0.3 is 0 Å². The predicted octanol–water partition coefficient (Wildman–Crippen LogP) is 2.28. The quantitative estimate of drug-likeness (QED) is 0.712. The molecule has 146 valence electrons. The van der Waals surface area contributed by atoms with Crippen LogP contribution in [0.15, 0.2) is 42.5 Å². The van der Waals surface area contributed by atoms with Crippen molar-refractivity contribution in [3.63, 3.8) is 0 Å². The summed E-state index contributed by atoms with van der Waals surface area (Å²) in [5.41, 5.74) is 8.28. The number of nitrogens with zero attached hydrogens (tertiary/aromatic N) is 1. The van der Waals surface area contributed by atoms with E-state index < -0.39 is 0 Å². The lowest BCUT2D eigenvalue weighted by atomic mass is 9.92. The molecule has 0 saturated carbocycles. The standard InChI is InChI=1S/C21H24N4O3/c1-13(14-5-4-6-16(9-14)27-2)24-21(26)17-8-7-15(10-20(17)28-3)18-12-23-25-19(18)11-22/h4-10,13,18-19,23,25H,12H2,1-3H3,(H,24,26)/t13-,18?,19?/m1/s1. The van der Waals surface area contributed by atoms with Crippen LogP contribution >= 0.6 is 0 Å². The fourth-order valence-corrected chi connectivity index (χ4v) is 3.32. The van der Waals surface area contributed by atoms with Gasteiger partial charge in [0.2, 0.25) is 0 Å². The molecule has 7 nitrogen and oxygen atoms in total. The molecule has 0 radical (unpaired) electrons. The number of carbonyl (C=O) groups is 1. The van der Waals surface area contributed by atoms with E-state index >= 15 is 0 Å². The Morgan fingerprint density at radius 2 is 2.07 bits per heavy atom. The van der Waals surface area contributed by atoms with Crippen molar-refractivity contribution in [1.82, 2.24) is 16.2 Å². The van der Waals surface area contributed by atoms with Gasteiger partial charge in [0, 0.05) is 12.5 Å². The largest absolute Gasteiger partial charge is 0.497 e. The molecule has 0 spiro atoms. The molecule has 3 atom stereocenters. The molecular formula is C21H24N4O3. The van der Waals surface area contributed by atoms with Gasteiger partial charge in [-0.15, -0.1) is 0 Å². The van der Waals surface area contributed by atoms with Crippen LogP contribution in [-0.4, -0.2) is 32.7 Å². The Labute approximate surface area is 164 Å². The van der Waals surface area contributed by atoms with E-state index in [4.69, 9.17) is 9.47 Å². The van der Waals surface area contributed by atoms with E-state index in [1.807, 2.05) is 43.3 Å². The molecule has 7 heteroatoms. The summed E-state index contributed by atoms with van der Waals surface area (Å²) < 4.78 is 10.7. The number of hydrogen-bond donors (Lipinski definition) is 3. The van der Waals surface area contributed by atoms with Crippen LogP contribution < -0.4 is 25.6 Å². The Balaban J connectivity index is 1.78. The van der Waals surface area contributed by atoms with Crippen LogP contribution in [0, 0.1) is 11.3 Å². The number of ether oxygens (including phenoxy) is 2. The predicted molar refractivity (Wildman–Crippen MR) is 105 cm³/mol. The Morgan fingerprint density at radius 3 is 2.79 bits per heavy atom. The second-order valence-electron chi connectivity index (χ2n) is 6.67. The number of rotatable bonds is 6. The van der Waals surface area contributed by atoms with Crippen molar-refractivity contribution in [2.24, 2.45) is 0 Å².